The van der Waals surface area contributed by atoms with Crippen LogP contribution in [0.5, 0.6) is 0 Å². The quantitative estimate of drug-likeness (QED) is 0.618. The van der Waals surface area contributed by atoms with E-state index in [-0.39, 0.29) is 5.97 Å². The Labute approximate surface area is 78.6 Å². The van der Waals surface area contributed by atoms with Gasteiger partial charge in [0.2, 0.25) is 0 Å². The Kier molecular flexibility index (Phi) is 1.57. The molecule has 3 nitrogen and oxygen atoms in total. The first kappa shape index (κ1) is 9.00. The van der Waals surface area contributed by atoms with Gasteiger partial charge < -0.3 is 10.5 Å². The fourth-order valence-electron chi connectivity index (χ4n) is 2.21. The lowest BCUT2D eigenvalue weighted by Gasteiger charge is -2.22. The molecular weight excluding hydrogens is 166 g/mol. The largest absolute Gasteiger partial charge is 0.459 e. The van der Waals surface area contributed by atoms with E-state index in [1.54, 1.807) is 0 Å². The van der Waals surface area contributed by atoms with Gasteiger partial charge in [-0.1, -0.05) is 0 Å². The molecule has 2 N–H and O–H groups in total. The molecule has 0 amide bonds. The van der Waals surface area contributed by atoms with Crippen molar-refractivity contribution in [3.8, 4) is 0 Å². The Morgan fingerprint density at radius 2 is 1.85 bits per heavy atom. The van der Waals surface area contributed by atoms with Crippen LogP contribution in [-0.2, 0) is 9.53 Å². The lowest BCUT2D eigenvalue weighted by atomic mass is 10.0. The van der Waals surface area contributed by atoms with Gasteiger partial charge in [0.05, 0.1) is 0 Å². The van der Waals surface area contributed by atoms with Crippen molar-refractivity contribution in [1.29, 1.82) is 0 Å². The third kappa shape index (κ3) is 1.17. The first-order valence-electron chi connectivity index (χ1n) is 4.88. The van der Waals surface area contributed by atoms with E-state index in [4.69, 9.17) is 10.5 Å². The van der Waals surface area contributed by atoms with E-state index in [0.29, 0.717) is 11.8 Å². The van der Waals surface area contributed by atoms with Crippen LogP contribution in [0.3, 0.4) is 0 Å². The van der Waals surface area contributed by atoms with Crippen molar-refractivity contribution in [1.82, 2.24) is 0 Å². The molecule has 0 heterocycles. The second kappa shape index (κ2) is 2.27. The van der Waals surface area contributed by atoms with Gasteiger partial charge in [-0.15, -0.1) is 0 Å². The van der Waals surface area contributed by atoms with Gasteiger partial charge in [-0.2, -0.15) is 0 Å². The number of ether oxygens (including phenoxy) is 1. The van der Waals surface area contributed by atoms with Crippen molar-refractivity contribution in [2.24, 2.45) is 17.6 Å². The average Bonchev–Trinajstić information content (AvgIpc) is 2.20. The number of hydrogen-bond acceptors (Lipinski definition) is 3. The van der Waals surface area contributed by atoms with Gasteiger partial charge in [-0.3, -0.25) is 4.79 Å². The minimum atomic E-state index is -0.618. The highest BCUT2D eigenvalue weighted by Gasteiger charge is 2.72. The maximum absolute atomic E-state index is 11.7. The third-order valence-corrected chi connectivity index (χ3v) is 3.14. The lowest BCUT2D eigenvalue weighted by molar-refractivity contribution is -0.158. The van der Waals surface area contributed by atoms with Gasteiger partial charge in [0.1, 0.15) is 11.1 Å². The zero-order valence-corrected chi connectivity index (χ0v) is 8.46. The van der Waals surface area contributed by atoms with E-state index in [0.717, 1.165) is 12.8 Å². The predicted octanol–water partition coefficient (Wildman–Crippen LogP) is 1.07. The van der Waals surface area contributed by atoms with Crippen molar-refractivity contribution in [3.63, 3.8) is 0 Å². The summed E-state index contributed by atoms with van der Waals surface area (Å²) in [6.07, 6.45) is 2.20. The summed E-state index contributed by atoms with van der Waals surface area (Å²) in [7, 11) is 0. The van der Waals surface area contributed by atoms with Crippen LogP contribution in [0.25, 0.3) is 0 Å². The highest BCUT2D eigenvalue weighted by Crippen LogP contribution is 2.63. The fraction of sp³-hybridized carbons (Fsp3) is 0.900. The van der Waals surface area contributed by atoms with Gasteiger partial charge in [0.25, 0.3) is 0 Å². The van der Waals surface area contributed by atoms with Crippen LogP contribution in [0.1, 0.15) is 33.6 Å². The highest BCUT2D eigenvalue weighted by molar-refractivity contribution is 5.86. The van der Waals surface area contributed by atoms with Crippen LogP contribution in [0.2, 0.25) is 0 Å². The molecule has 2 aliphatic carbocycles. The molecule has 1 unspecified atom stereocenters. The smallest absolute Gasteiger partial charge is 0.327 e. The number of nitrogens with two attached hydrogens (primary N) is 1. The van der Waals surface area contributed by atoms with Crippen molar-refractivity contribution in [2.45, 2.75) is 44.8 Å². The molecule has 0 bridgehead atoms. The maximum atomic E-state index is 11.7. The molecule has 3 atom stereocenters. The van der Waals surface area contributed by atoms with Gasteiger partial charge in [0, 0.05) is 0 Å². The molecular formula is C10H17NO2. The monoisotopic (exact) mass is 183 g/mol. The van der Waals surface area contributed by atoms with Crippen molar-refractivity contribution >= 4 is 5.97 Å². The molecule has 2 fully saturated rings. The Morgan fingerprint density at radius 1 is 1.38 bits per heavy atom. The van der Waals surface area contributed by atoms with Crippen molar-refractivity contribution in [3.05, 3.63) is 0 Å². The first-order valence-corrected chi connectivity index (χ1v) is 4.88. The number of carbonyl (C=O) groups is 1. The molecule has 2 saturated carbocycles. The predicted molar refractivity (Wildman–Crippen MR) is 49.0 cm³/mol. The molecule has 0 aromatic carbocycles. The fourth-order valence-corrected chi connectivity index (χ4v) is 2.21. The molecule has 0 radical (unpaired) electrons. The van der Waals surface area contributed by atoms with E-state index < -0.39 is 11.1 Å². The molecule has 0 aromatic rings. The van der Waals surface area contributed by atoms with Gasteiger partial charge in [-0.05, 0) is 45.4 Å². The second-order valence-corrected chi connectivity index (χ2v) is 5.23. The number of esters is 1. The number of fused-ring (bicyclic) bond motifs is 1. The van der Waals surface area contributed by atoms with E-state index in [2.05, 4.69) is 0 Å². The molecule has 74 valence electrons. The normalized spacial score (nSPS) is 41.8. The van der Waals surface area contributed by atoms with Crippen LogP contribution >= 0.6 is 0 Å². The Morgan fingerprint density at radius 3 is 2.15 bits per heavy atom. The summed E-state index contributed by atoms with van der Waals surface area (Å²) in [6.45, 7) is 5.62. The van der Waals surface area contributed by atoms with Gasteiger partial charge in [0.15, 0.2) is 0 Å². The van der Waals surface area contributed by atoms with E-state index in [1.807, 2.05) is 20.8 Å². The van der Waals surface area contributed by atoms with E-state index in [1.165, 1.54) is 0 Å². The second-order valence-electron chi connectivity index (χ2n) is 5.23. The SMILES string of the molecule is CC(C)(C)OC(=O)C1(N)[C@@H]2CC[C@@H]21. The molecule has 3 heteroatoms. The summed E-state index contributed by atoms with van der Waals surface area (Å²) in [4.78, 5) is 11.7. The van der Waals surface area contributed by atoms with Crippen LogP contribution in [-0.4, -0.2) is 17.1 Å². The first-order chi connectivity index (χ1) is 5.86. The summed E-state index contributed by atoms with van der Waals surface area (Å²) in [5, 5.41) is 0. The molecule has 0 spiro atoms. The van der Waals surface area contributed by atoms with Crippen molar-refractivity contribution in [2.75, 3.05) is 0 Å². The minimum absolute atomic E-state index is 0.201. The van der Waals surface area contributed by atoms with Crippen LogP contribution in [0, 0.1) is 11.8 Å². The molecule has 0 aromatic heterocycles. The Bertz CT molecular complexity index is 244. The standard InChI is InChI=1S/C10H17NO2/c1-9(2,3)13-8(12)10(11)6-4-5-7(6)10/h6-7H,4-5,11H2,1-3H3/t6-,7+,10?. The summed E-state index contributed by atoms with van der Waals surface area (Å²) in [6, 6.07) is 0. The summed E-state index contributed by atoms with van der Waals surface area (Å²) < 4.78 is 5.28. The maximum Gasteiger partial charge on any atom is 0.327 e. The number of carbonyl (C=O) groups excluding carboxylic acids is 1. The van der Waals surface area contributed by atoms with Crippen LogP contribution in [0.15, 0.2) is 0 Å². The molecule has 0 aliphatic heterocycles. The Hall–Kier alpha value is -0.570. The average molecular weight is 183 g/mol. The number of hydrogen-bond donors (Lipinski definition) is 1. The molecule has 2 rings (SSSR count). The number of rotatable bonds is 1. The molecule has 13 heavy (non-hydrogen) atoms. The Balaban J connectivity index is 1.99. The van der Waals surface area contributed by atoms with Gasteiger partial charge >= 0.3 is 5.97 Å². The minimum Gasteiger partial charge on any atom is -0.459 e. The molecule has 0 saturated heterocycles. The third-order valence-electron chi connectivity index (χ3n) is 3.14. The van der Waals surface area contributed by atoms with Gasteiger partial charge in [-0.25, -0.2) is 0 Å². The topological polar surface area (TPSA) is 52.3 Å². The molecule has 2 aliphatic rings. The lowest BCUT2D eigenvalue weighted by Crippen LogP contribution is -2.41. The summed E-state index contributed by atoms with van der Waals surface area (Å²) in [5.41, 5.74) is 4.94. The van der Waals surface area contributed by atoms with E-state index >= 15 is 0 Å². The van der Waals surface area contributed by atoms with Crippen LogP contribution in [0.4, 0.5) is 0 Å². The summed E-state index contributed by atoms with van der Waals surface area (Å²) >= 11 is 0. The summed E-state index contributed by atoms with van der Waals surface area (Å²) in [5.74, 6) is 0.636. The van der Waals surface area contributed by atoms with E-state index in [9.17, 15) is 4.79 Å². The zero-order chi connectivity index (χ0) is 9.85. The highest BCUT2D eigenvalue weighted by atomic mass is 16.6. The van der Waals surface area contributed by atoms with Crippen molar-refractivity contribution < 1.29 is 9.53 Å². The zero-order valence-electron chi connectivity index (χ0n) is 8.46. The van der Waals surface area contributed by atoms with Crippen LogP contribution < -0.4 is 5.73 Å².